The van der Waals surface area contributed by atoms with Crippen molar-refractivity contribution < 1.29 is 28.9 Å². The van der Waals surface area contributed by atoms with Crippen molar-refractivity contribution >= 4 is 23.7 Å². The fourth-order valence-electron chi connectivity index (χ4n) is 4.84. The largest absolute Gasteiger partial charge is 0.490 e. The van der Waals surface area contributed by atoms with Gasteiger partial charge in [-0.1, -0.05) is 12.1 Å². The van der Waals surface area contributed by atoms with Crippen LogP contribution in [0.2, 0.25) is 0 Å². The Labute approximate surface area is 205 Å². The molecule has 2 heterocycles. The summed E-state index contributed by atoms with van der Waals surface area (Å²) < 4.78 is 17.3. The Kier molecular flexibility index (Phi) is 6.21. The quantitative estimate of drug-likeness (QED) is 0.472. The first-order chi connectivity index (χ1) is 16.4. The van der Waals surface area contributed by atoms with E-state index in [0.717, 1.165) is 52.0 Å². The number of aliphatic imine (C=N–C) groups is 1. The summed E-state index contributed by atoms with van der Waals surface area (Å²) in [6.45, 7) is 10.8. The lowest BCUT2D eigenvalue weighted by atomic mass is 9.80. The van der Waals surface area contributed by atoms with E-state index >= 15 is 0 Å². The minimum Gasteiger partial charge on any atom is -0.490 e. The molecule has 0 atom stereocenters. The maximum Gasteiger partial charge on any atom is 0.338 e. The van der Waals surface area contributed by atoms with Gasteiger partial charge in [-0.25, -0.2) is 9.59 Å². The van der Waals surface area contributed by atoms with Crippen molar-refractivity contribution in [2.45, 2.75) is 58.6 Å². The monoisotopic (exact) mass is 477 g/mol. The van der Waals surface area contributed by atoms with Gasteiger partial charge in [0.2, 0.25) is 0 Å². The number of hydrogen-bond donors (Lipinski definition) is 1. The van der Waals surface area contributed by atoms with Gasteiger partial charge in [0.15, 0.2) is 11.5 Å². The third-order valence-electron chi connectivity index (χ3n) is 6.12. The molecule has 0 aromatic heterocycles. The van der Waals surface area contributed by atoms with Crippen molar-refractivity contribution in [3.8, 4) is 11.5 Å². The number of carbonyl (C=O) groups excluding carboxylic acids is 1. The summed E-state index contributed by atoms with van der Waals surface area (Å²) in [4.78, 5) is 28.7. The van der Waals surface area contributed by atoms with Gasteiger partial charge < -0.3 is 19.3 Å². The third-order valence-corrected chi connectivity index (χ3v) is 6.12. The summed E-state index contributed by atoms with van der Waals surface area (Å²) in [7, 11) is 1.30. The highest BCUT2D eigenvalue weighted by atomic mass is 16.5. The molecule has 0 radical (unpaired) electrons. The van der Waals surface area contributed by atoms with Crippen molar-refractivity contribution in [1.29, 1.82) is 0 Å². The molecule has 4 rings (SSSR count). The van der Waals surface area contributed by atoms with Crippen LogP contribution in [0, 0.1) is 0 Å². The van der Waals surface area contributed by atoms with Gasteiger partial charge in [0.1, 0.15) is 5.60 Å². The average molecular weight is 478 g/mol. The summed E-state index contributed by atoms with van der Waals surface area (Å²) >= 11 is 0. The molecule has 0 saturated carbocycles. The van der Waals surface area contributed by atoms with Crippen LogP contribution in [0.3, 0.4) is 0 Å². The Bertz CT molecular complexity index is 1270. The van der Waals surface area contributed by atoms with Gasteiger partial charge in [-0.3, -0.25) is 4.99 Å². The zero-order chi connectivity index (χ0) is 25.5. The first-order valence-corrected chi connectivity index (χ1v) is 11.7. The molecule has 0 fully saturated rings. The van der Waals surface area contributed by atoms with Crippen LogP contribution in [0.1, 0.15) is 72.8 Å². The molecule has 0 spiro atoms. The molecule has 0 bridgehead atoms. The van der Waals surface area contributed by atoms with Crippen LogP contribution in [0.15, 0.2) is 35.3 Å². The van der Waals surface area contributed by atoms with Crippen molar-refractivity contribution in [2.75, 3.05) is 13.7 Å². The molecule has 2 aliphatic rings. The first-order valence-electron chi connectivity index (χ1n) is 11.7. The van der Waals surface area contributed by atoms with E-state index in [9.17, 15) is 9.59 Å². The molecule has 35 heavy (non-hydrogen) atoms. The number of fused-ring (bicyclic) bond motifs is 3. The van der Waals surface area contributed by atoms with Crippen LogP contribution in [-0.2, 0) is 22.4 Å². The number of carbonyl (C=O) groups is 2. The number of hydrogen-bond acceptors (Lipinski definition) is 6. The Morgan fingerprint density at radius 3 is 2.57 bits per heavy atom. The highest BCUT2D eigenvalue weighted by Gasteiger charge is 2.40. The van der Waals surface area contributed by atoms with Gasteiger partial charge in [-0.2, -0.15) is 0 Å². The Morgan fingerprint density at radius 1 is 1.17 bits per heavy atom. The van der Waals surface area contributed by atoms with E-state index in [4.69, 9.17) is 24.3 Å². The number of carboxylic acid groups (broad SMARTS) is 1. The molecule has 2 aliphatic heterocycles. The maximum atomic E-state index is 12.6. The number of esters is 1. The summed E-state index contributed by atoms with van der Waals surface area (Å²) in [6.07, 6.45) is 3.83. The number of nitrogens with zero attached hydrogens (tertiary/aromatic N) is 1. The van der Waals surface area contributed by atoms with Gasteiger partial charge in [-0.05, 0) is 70.4 Å². The maximum absolute atomic E-state index is 12.6. The van der Waals surface area contributed by atoms with E-state index in [0.29, 0.717) is 18.6 Å². The summed E-state index contributed by atoms with van der Waals surface area (Å²) in [5.41, 5.74) is 4.69. The lowest BCUT2D eigenvalue weighted by Gasteiger charge is -2.31. The number of benzene rings is 2. The van der Waals surface area contributed by atoms with E-state index in [2.05, 4.69) is 33.8 Å². The van der Waals surface area contributed by atoms with E-state index in [1.54, 1.807) is 12.1 Å². The molecule has 0 saturated heterocycles. The van der Waals surface area contributed by atoms with Crippen molar-refractivity contribution in [3.05, 3.63) is 63.7 Å². The number of methoxy groups -OCH3 is 1. The highest BCUT2D eigenvalue weighted by Crippen LogP contribution is 2.48. The van der Waals surface area contributed by atoms with Gasteiger partial charge in [-0.15, -0.1) is 0 Å². The predicted octanol–water partition coefficient (Wildman–Crippen LogP) is 4.86. The van der Waals surface area contributed by atoms with Crippen LogP contribution in [0.4, 0.5) is 0 Å². The molecule has 2 aromatic carbocycles. The third kappa shape index (κ3) is 4.81. The van der Waals surface area contributed by atoms with Crippen LogP contribution in [0.25, 0.3) is 6.08 Å². The first kappa shape index (κ1) is 24.5. The van der Waals surface area contributed by atoms with Gasteiger partial charge in [0.25, 0.3) is 0 Å². The van der Waals surface area contributed by atoms with Crippen LogP contribution >= 0.6 is 0 Å². The van der Waals surface area contributed by atoms with Crippen molar-refractivity contribution in [3.63, 3.8) is 0 Å². The topological polar surface area (TPSA) is 94.4 Å². The van der Waals surface area contributed by atoms with E-state index in [-0.39, 0.29) is 16.7 Å². The SMILES string of the molecule is CCOc1cc2c(c3c1OC(C)(C)C3)C(c1ccc(/C=C/C(=O)O)c(C(=O)OC)c1)=NC(C)(C)C2. The number of aliphatic carboxylic acids is 1. The van der Waals surface area contributed by atoms with Gasteiger partial charge in [0.05, 0.1) is 30.5 Å². The van der Waals surface area contributed by atoms with E-state index in [1.165, 1.54) is 13.2 Å². The molecule has 1 N–H and O–H groups in total. The molecular formula is C28H31NO6. The smallest absolute Gasteiger partial charge is 0.338 e. The molecule has 7 nitrogen and oxygen atoms in total. The highest BCUT2D eigenvalue weighted by molar-refractivity contribution is 6.17. The molecular weight excluding hydrogens is 446 g/mol. The van der Waals surface area contributed by atoms with E-state index < -0.39 is 11.9 Å². The molecule has 184 valence electrons. The number of rotatable bonds is 6. The Morgan fingerprint density at radius 2 is 1.91 bits per heavy atom. The van der Waals surface area contributed by atoms with Crippen LogP contribution in [0.5, 0.6) is 11.5 Å². The lowest BCUT2D eigenvalue weighted by molar-refractivity contribution is -0.131. The minimum atomic E-state index is -1.10. The summed E-state index contributed by atoms with van der Waals surface area (Å²) in [5, 5.41) is 9.04. The Hall–Kier alpha value is -3.61. The fraction of sp³-hybridized carbons (Fsp3) is 0.393. The normalized spacial score (nSPS) is 17.3. The second-order valence-electron chi connectivity index (χ2n) is 10.1. The molecule has 7 heteroatoms. The zero-order valence-corrected chi connectivity index (χ0v) is 21.0. The average Bonchev–Trinajstić information content (AvgIpc) is 3.11. The van der Waals surface area contributed by atoms with Gasteiger partial charge >= 0.3 is 11.9 Å². The van der Waals surface area contributed by atoms with E-state index in [1.807, 2.05) is 13.0 Å². The predicted molar refractivity (Wildman–Crippen MR) is 134 cm³/mol. The van der Waals surface area contributed by atoms with Gasteiger partial charge in [0, 0.05) is 29.2 Å². The minimum absolute atomic E-state index is 0.272. The van der Waals surface area contributed by atoms with Crippen LogP contribution < -0.4 is 9.47 Å². The fourth-order valence-corrected chi connectivity index (χ4v) is 4.84. The second-order valence-corrected chi connectivity index (χ2v) is 10.1. The standard InChI is InChI=1S/C28H31NO6/c1-7-34-21-13-18-14-27(2,3)29-24(23(18)20-15-28(4,5)35-25(20)21)17-9-8-16(10-11-22(30)31)19(12-17)26(32)33-6/h8-13H,7,14-15H2,1-6H3,(H,30,31)/b11-10+. The number of ether oxygens (including phenoxy) is 3. The Balaban J connectivity index is 1.94. The second kappa shape index (κ2) is 8.87. The number of carboxylic acids is 1. The lowest BCUT2D eigenvalue weighted by Crippen LogP contribution is -2.31. The van der Waals surface area contributed by atoms with Crippen molar-refractivity contribution in [1.82, 2.24) is 0 Å². The van der Waals surface area contributed by atoms with Crippen molar-refractivity contribution in [2.24, 2.45) is 4.99 Å². The van der Waals surface area contributed by atoms with Crippen LogP contribution in [-0.4, -0.2) is 47.6 Å². The molecule has 2 aromatic rings. The molecule has 0 aliphatic carbocycles. The summed E-state index contributed by atoms with van der Waals surface area (Å²) in [6, 6.07) is 7.36. The molecule has 0 unspecified atom stereocenters. The molecule has 0 amide bonds. The summed E-state index contributed by atoms with van der Waals surface area (Å²) in [5.74, 6) is -0.153. The zero-order valence-electron chi connectivity index (χ0n) is 21.0.